The summed E-state index contributed by atoms with van der Waals surface area (Å²) in [6.07, 6.45) is 5.22. The molecule has 0 radical (unpaired) electrons. The van der Waals surface area contributed by atoms with Crippen molar-refractivity contribution in [3.63, 3.8) is 0 Å². The van der Waals surface area contributed by atoms with Crippen molar-refractivity contribution in [2.24, 2.45) is 0 Å². The molecule has 3 aromatic carbocycles. The minimum absolute atomic E-state index is 0.156. The molecule has 43 heavy (non-hydrogen) atoms. The second kappa shape index (κ2) is 15.8. The number of carbonyl (C=O) groups is 2. The van der Waals surface area contributed by atoms with Crippen LogP contribution in [0.1, 0.15) is 63.2 Å². The first kappa shape index (κ1) is 31.7. The monoisotopic (exact) mass is 588 g/mol. The Bertz CT molecular complexity index is 1340. The smallest absolute Gasteiger partial charge is 0.319 e. The van der Waals surface area contributed by atoms with Crippen LogP contribution in [0.3, 0.4) is 0 Å². The Kier molecular flexibility index (Phi) is 11.7. The highest BCUT2D eigenvalue weighted by Gasteiger charge is 2.22. The Labute approximate surface area is 254 Å². The number of hydrogen-bond donors (Lipinski definition) is 3. The van der Waals surface area contributed by atoms with Crippen LogP contribution in [0, 0.1) is 0 Å². The summed E-state index contributed by atoms with van der Waals surface area (Å²) in [6, 6.07) is 19.9. The van der Waals surface area contributed by atoms with Gasteiger partial charge in [-0.05, 0) is 87.7 Å². The number of carbonyl (C=O) groups excluding carboxylic acids is 2. The lowest BCUT2D eigenvalue weighted by atomic mass is 10.1. The normalized spacial score (nSPS) is 13.8. The maximum Gasteiger partial charge on any atom is 0.319 e. The van der Waals surface area contributed by atoms with Crippen LogP contribution in [-0.4, -0.2) is 55.7 Å². The number of rotatable bonds is 13. The van der Waals surface area contributed by atoms with Crippen LogP contribution >= 0.6 is 0 Å². The van der Waals surface area contributed by atoms with E-state index in [9.17, 15) is 9.59 Å². The third-order valence-corrected chi connectivity index (χ3v) is 7.43. The van der Waals surface area contributed by atoms with E-state index in [1.165, 1.54) is 0 Å². The molecule has 9 nitrogen and oxygen atoms in total. The van der Waals surface area contributed by atoms with Crippen molar-refractivity contribution in [1.82, 2.24) is 10.2 Å². The van der Waals surface area contributed by atoms with Crippen molar-refractivity contribution in [3.8, 4) is 23.0 Å². The van der Waals surface area contributed by atoms with Crippen molar-refractivity contribution < 1.29 is 23.8 Å². The van der Waals surface area contributed by atoms with Gasteiger partial charge in [-0.2, -0.15) is 0 Å². The van der Waals surface area contributed by atoms with E-state index in [4.69, 9.17) is 14.2 Å². The van der Waals surface area contributed by atoms with Crippen molar-refractivity contribution >= 4 is 23.3 Å². The molecule has 4 rings (SSSR count). The van der Waals surface area contributed by atoms with Gasteiger partial charge in [-0.25, -0.2) is 4.79 Å². The zero-order valence-corrected chi connectivity index (χ0v) is 25.7. The number of anilines is 2. The predicted octanol–water partition coefficient (Wildman–Crippen LogP) is 7.30. The third-order valence-electron chi connectivity index (χ3n) is 7.43. The van der Waals surface area contributed by atoms with E-state index < -0.39 is 0 Å². The molecule has 0 aliphatic carbocycles. The van der Waals surface area contributed by atoms with Gasteiger partial charge in [0, 0.05) is 48.7 Å². The van der Waals surface area contributed by atoms with E-state index in [2.05, 4.69) is 41.6 Å². The maximum absolute atomic E-state index is 13.0. The number of benzene rings is 3. The van der Waals surface area contributed by atoms with E-state index in [0.29, 0.717) is 52.5 Å². The first-order valence-electron chi connectivity index (χ1n) is 15.2. The van der Waals surface area contributed by atoms with Gasteiger partial charge in [0.2, 0.25) is 0 Å². The summed E-state index contributed by atoms with van der Waals surface area (Å²) in [5.41, 5.74) is 1.74. The van der Waals surface area contributed by atoms with Gasteiger partial charge in [-0.15, -0.1) is 0 Å². The molecule has 0 unspecified atom stereocenters. The highest BCUT2D eigenvalue weighted by Crippen LogP contribution is 2.34. The quantitative estimate of drug-likeness (QED) is 0.181. The van der Waals surface area contributed by atoms with Crippen LogP contribution in [0.5, 0.6) is 23.0 Å². The van der Waals surface area contributed by atoms with E-state index >= 15 is 0 Å². The van der Waals surface area contributed by atoms with Crippen molar-refractivity contribution in [2.45, 2.75) is 65.0 Å². The second-order valence-electron chi connectivity index (χ2n) is 11.0. The maximum atomic E-state index is 13.0. The van der Waals surface area contributed by atoms with E-state index in [-0.39, 0.29) is 18.0 Å². The Balaban J connectivity index is 1.32. The van der Waals surface area contributed by atoms with Crippen LogP contribution in [0.4, 0.5) is 16.2 Å². The Morgan fingerprint density at radius 1 is 0.884 bits per heavy atom. The number of methoxy groups -OCH3 is 1. The SMILES string of the molecule is CCCCCNC(=O)Nc1ccc(OC)c(Oc2ccc(NC(=O)c3cccc(OC4CCN(C(C)C)CC4)c3)cc2)c1. The number of urea groups is 1. The summed E-state index contributed by atoms with van der Waals surface area (Å²) in [5, 5.41) is 8.63. The van der Waals surface area contributed by atoms with Gasteiger partial charge in [0.05, 0.1) is 7.11 Å². The van der Waals surface area contributed by atoms with Gasteiger partial charge in [-0.1, -0.05) is 25.8 Å². The molecule has 0 bridgehead atoms. The molecule has 1 saturated heterocycles. The van der Waals surface area contributed by atoms with Crippen molar-refractivity contribution in [3.05, 3.63) is 72.3 Å². The predicted molar refractivity (Wildman–Crippen MR) is 171 cm³/mol. The van der Waals surface area contributed by atoms with Gasteiger partial charge in [0.1, 0.15) is 17.6 Å². The number of amides is 3. The number of unbranched alkanes of at least 4 members (excludes halogenated alkanes) is 2. The molecule has 1 aliphatic heterocycles. The van der Waals surface area contributed by atoms with Gasteiger partial charge < -0.3 is 35.1 Å². The molecule has 3 amide bonds. The summed E-state index contributed by atoms with van der Waals surface area (Å²) in [4.78, 5) is 27.7. The lowest BCUT2D eigenvalue weighted by Crippen LogP contribution is -2.41. The summed E-state index contributed by atoms with van der Waals surface area (Å²) in [6.45, 7) is 9.23. The number of piperidine rings is 1. The molecule has 0 spiro atoms. The highest BCUT2D eigenvalue weighted by molar-refractivity contribution is 6.04. The molecule has 3 N–H and O–H groups in total. The lowest BCUT2D eigenvalue weighted by Gasteiger charge is -2.34. The van der Waals surface area contributed by atoms with Crippen LogP contribution in [-0.2, 0) is 0 Å². The average Bonchev–Trinajstić information content (AvgIpc) is 3.01. The fourth-order valence-corrected chi connectivity index (χ4v) is 4.94. The zero-order chi connectivity index (χ0) is 30.6. The van der Waals surface area contributed by atoms with E-state index in [1.807, 2.05) is 12.1 Å². The molecule has 1 aliphatic rings. The molecule has 1 heterocycles. The molecule has 9 heteroatoms. The molecule has 0 aromatic heterocycles. The number of nitrogens with one attached hydrogen (secondary N) is 3. The number of ether oxygens (including phenoxy) is 3. The van der Waals surface area contributed by atoms with Gasteiger partial charge in [-0.3, -0.25) is 4.79 Å². The van der Waals surface area contributed by atoms with Crippen LogP contribution in [0.2, 0.25) is 0 Å². The molecule has 230 valence electrons. The number of likely N-dealkylation sites (tertiary alicyclic amines) is 1. The van der Waals surface area contributed by atoms with Gasteiger partial charge in [0.15, 0.2) is 11.5 Å². The minimum atomic E-state index is -0.267. The first-order valence-corrected chi connectivity index (χ1v) is 15.2. The largest absolute Gasteiger partial charge is 0.493 e. The van der Waals surface area contributed by atoms with Gasteiger partial charge in [0.25, 0.3) is 5.91 Å². The van der Waals surface area contributed by atoms with Gasteiger partial charge >= 0.3 is 6.03 Å². The first-order chi connectivity index (χ1) is 20.8. The molecule has 3 aromatic rings. The fourth-order valence-electron chi connectivity index (χ4n) is 4.94. The molecule has 1 fully saturated rings. The Morgan fingerprint density at radius 3 is 2.33 bits per heavy atom. The molecular formula is C34H44N4O5. The average molecular weight is 589 g/mol. The lowest BCUT2D eigenvalue weighted by molar-refractivity contribution is 0.0840. The molecular weight excluding hydrogens is 544 g/mol. The standard InChI is InChI=1S/C34H44N4O5/c1-5-6-7-19-35-34(40)37-27-13-16-31(41-4)32(23-27)43-28-14-11-26(12-15-28)36-33(39)25-9-8-10-30(22-25)42-29-17-20-38(21-18-29)24(2)3/h8-16,22-24,29H,5-7,17-21H2,1-4H3,(H,36,39)(H2,35,37,40). The zero-order valence-electron chi connectivity index (χ0n) is 25.7. The minimum Gasteiger partial charge on any atom is -0.493 e. The summed E-state index contributed by atoms with van der Waals surface area (Å²) >= 11 is 0. The van der Waals surface area contributed by atoms with Crippen molar-refractivity contribution in [2.75, 3.05) is 37.4 Å². The van der Waals surface area contributed by atoms with Crippen LogP contribution in [0.25, 0.3) is 0 Å². The topological polar surface area (TPSA) is 101 Å². The summed E-state index contributed by atoms with van der Waals surface area (Å²) < 4.78 is 17.7. The molecule has 0 atom stereocenters. The third kappa shape index (κ3) is 9.64. The summed E-state index contributed by atoms with van der Waals surface area (Å²) in [5.74, 6) is 2.02. The van der Waals surface area contributed by atoms with Crippen molar-refractivity contribution in [1.29, 1.82) is 0 Å². The van der Waals surface area contributed by atoms with Crippen LogP contribution < -0.4 is 30.2 Å². The number of hydrogen-bond acceptors (Lipinski definition) is 6. The van der Waals surface area contributed by atoms with Crippen LogP contribution in [0.15, 0.2) is 66.7 Å². The van der Waals surface area contributed by atoms with E-state index in [0.717, 1.165) is 45.2 Å². The number of nitrogens with zero attached hydrogens (tertiary/aromatic N) is 1. The second-order valence-corrected chi connectivity index (χ2v) is 11.0. The highest BCUT2D eigenvalue weighted by atomic mass is 16.5. The summed E-state index contributed by atoms with van der Waals surface area (Å²) in [7, 11) is 1.56. The Morgan fingerprint density at radius 2 is 1.63 bits per heavy atom. The Hall–Kier alpha value is -4.24. The fraction of sp³-hybridized carbons (Fsp3) is 0.412. The van der Waals surface area contributed by atoms with E-state index in [1.54, 1.807) is 61.7 Å². The molecule has 0 saturated carbocycles.